The zero-order valence-corrected chi connectivity index (χ0v) is 16.0. The SMILES string of the molecule is CCCCC[C@@](C)(OC)C(=O)Nc1ccc(OCc2ccccc2)cc1. The van der Waals surface area contributed by atoms with Crippen molar-refractivity contribution in [1.29, 1.82) is 0 Å². The van der Waals surface area contributed by atoms with Gasteiger partial charge in [0.25, 0.3) is 5.91 Å². The second kappa shape index (κ2) is 9.97. The zero-order valence-electron chi connectivity index (χ0n) is 16.0. The summed E-state index contributed by atoms with van der Waals surface area (Å²) in [6, 6.07) is 17.4. The van der Waals surface area contributed by atoms with Crippen molar-refractivity contribution in [3.63, 3.8) is 0 Å². The zero-order chi connectivity index (χ0) is 18.8. The number of unbranched alkanes of at least 4 members (excludes halogenated alkanes) is 2. The third-order valence-electron chi connectivity index (χ3n) is 4.55. The molecule has 0 saturated heterocycles. The molecule has 26 heavy (non-hydrogen) atoms. The fourth-order valence-electron chi connectivity index (χ4n) is 2.66. The minimum absolute atomic E-state index is 0.117. The molecule has 0 aliphatic rings. The smallest absolute Gasteiger partial charge is 0.256 e. The van der Waals surface area contributed by atoms with Gasteiger partial charge in [0.1, 0.15) is 18.0 Å². The number of benzene rings is 2. The Morgan fingerprint density at radius 1 is 1.04 bits per heavy atom. The van der Waals surface area contributed by atoms with Gasteiger partial charge in [-0.05, 0) is 43.2 Å². The lowest BCUT2D eigenvalue weighted by Gasteiger charge is -2.27. The number of nitrogens with one attached hydrogen (secondary N) is 1. The molecule has 0 radical (unpaired) electrons. The molecule has 1 amide bonds. The predicted octanol–water partition coefficient (Wildman–Crippen LogP) is 5.19. The molecular weight excluding hydrogens is 326 g/mol. The topological polar surface area (TPSA) is 47.6 Å². The van der Waals surface area contributed by atoms with Crippen LogP contribution in [-0.4, -0.2) is 18.6 Å². The van der Waals surface area contributed by atoms with Gasteiger partial charge in [0.15, 0.2) is 0 Å². The van der Waals surface area contributed by atoms with E-state index in [1.807, 2.05) is 61.5 Å². The van der Waals surface area contributed by atoms with Gasteiger partial charge in [0.2, 0.25) is 0 Å². The lowest BCUT2D eigenvalue weighted by molar-refractivity contribution is -0.136. The van der Waals surface area contributed by atoms with E-state index in [-0.39, 0.29) is 5.91 Å². The van der Waals surface area contributed by atoms with Crippen LogP contribution in [0.2, 0.25) is 0 Å². The van der Waals surface area contributed by atoms with E-state index in [2.05, 4.69) is 12.2 Å². The maximum Gasteiger partial charge on any atom is 0.256 e. The lowest BCUT2D eigenvalue weighted by Crippen LogP contribution is -2.41. The van der Waals surface area contributed by atoms with Crippen molar-refractivity contribution in [2.75, 3.05) is 12.4 Å². The molecule has 1 atom stereocenters. The molecule has 0 aliphatic heterocycles. The molecule has 1 N–H and O–H groups in total. The highest BCUT2D eigenvalue weighted by atomic mass is 16.5. The van der Waals surface area contributed by atoms with Crippen molar-refractivity contribution in [2.24, 2.45) is 0 Å². The third-order valence-corrected chi connectivity index (χ3v) is 4.55. The van der Waals surface area contributed by atoms with Gasteiger partial charge in [-0.1, -0.05) is 56.5 Å². The first kappa shape index (κ1) is 20.0. The van der Waals surface area contributed by atoms with E-state index < -0.39 is 5.60 Å². The van der Waals surface area contributed by atoms with E-state index in [1.165, 1.54) is 0 Å². The summed E-state index contributed by atoms with van der Waals surface area (Å²) in [6.45, 7) is 4.51. The Morgan fingerprint density at radius 3 is 2.35 bits per heavy atom. The van der Waals surface area contributed by atoms with Crippen LogP contribution in [0.4, 0.5) is 5.69 Å². The van der Waals surface area contributed by atoms with Gasteiger partial charge in [-0.15, -0.1) is 0 Å². The molecule has 2 rings (SSSR count). The minimum Gasteiger partial charge on any atom is -0.489 e. The van der Waals surface area contributed by atoms with E-state index in [0.29, 0.717) is 13.0 Å². The van der Waals surface area contributed by atoms with E-state index in [0.717, 1.165) is 36.3 Å². The molecule has 0 fully saturated rings. The highest BCUT2D eigenvalue weighted by Gasteiger charge is 2.32. The molecule has 0 bridgehead atoms. The van der Waals surface area contributed by atoms with Crippen LogP contribution in [0, 0.1) is 0 Å². The molecule has 0 aliphatic carbocycles. The van der Waals surface area contributed by atoms with Gasteiger partial charge >= 0.3 is 0 Å². The summed E-state index contributed by atoms with van der Waals surface area (Å²) < 4.78 is 11.3. The number of carbonyl (C=O) groups excluding carboxylic acids is 1. The van der Waals surface area contributed by atoms with E-state index in [9.17, 15) is 4.79 Å². The van der Waals surface area contributed by atoms with Crippen molar-refractivity contribution in [3.8, 4) is 5.75 Å². The summed E-state index contributed by atoms with van der Waals surface area (Å²) in [5.74, 6) is 0.651. The Balaban J connectivity index is 1.89. The van der Waals surface area contributed by atoms with Crippen molar-refractivity contribution in [1.82, 2.24) is 0 Å². The van der Waals surface area contributed by atoms with Crippen LogP contribution in [0.5, 0.6) is 5.75 Å². The molecule has 0 aromatic heterocycles. The summed E-state index contributed by atoms with van der Waals surface area (Å²) in [6.07, 6.45) is 3.90. The van der Waals surface area contributed by atoms with Crippen LogP contribution in [0.15, 0.2) is 54.6 Å². The van der Waals surface area contributed by atoms with Crippen LogP contribution in [0.1, 0.15) is 45.1 Å². The number of methoxy groups -OCH3 is 1. The van der Waals surface area contributed by atoms with Crippen molar-refractivity contribution >= 4 is 11.6 Å². The highest BCUT2D eigenvalue weighted by molar-refractivity contribution is 5.97. The summed E-state index contributed by atoms with van der Waals surface area (Å²) in [5, 5.41) is 2.94. The molecule has 0 heterocycles. The van der Waals surface area contributed by atoms with Crippen molar-refractivity contribution in [3.05, 3.63) is 60.2 Å². The molecule has 0 saturated carbocycles. The molecule has 2 aromatic rings. The average molecular weight is 355 g/mol. The van der Waals surface area contributed by atoms with Gasteiger partial charge in [0.05, 0.1) is 0 Å². The number of hydrogen-bond donors (Lipinski definition) is 1. The summed E-state index contributed by atoms with van der Waals surface area (Å²) in [5.41, 5.74) is 1.05. The average Bonchev–Trinajstić information content (AvgIpc) is 2.68. The number of carbonyl (C=O) groups is 1. The molecule has 4 nitrogen and oxygen atoms in total. The maximum absolute atomic E-state index is 12.6. The van der Waals surface area contributed by atoms with Crippen molar-refractivity contribution < 1.29 is 14.3 Å². The van der Waals surface area contributed by atoms with Crippen molar-refractivity contribution in [2.45, 2.75) is 51.7 Å². The van der Waals surface area contributed by atoms with Gasteiger partial charge in [0, 0.05) is 12.8 Å². The normalized spacial score (nSPS) is 13.0. The quantitative estimate of drug-likeness (QED) is 0.597. The molecular formula is C22H29NO3. The Hall–Kier alpha value is -2.33. The monoisotopic (exact) mass is 355 g/mol. The van der Waals surface area contributed by atoms with Crippen LogP contribution in [-0.2, 0) is 16.1 Å². The van der Waals surface area contributed by atoms with E-state index in [4.69, 9.17) is 9.47 Å². The maximum atomic E-state index is 12.6. The standard InChI is InChI=1S/C22H29NO3/c1-4-5-9-16-22(2,25-3)21(24)23-19-12-14-20(15-13-19)26-17-18-10-7-6-8-11-18/h6-8,10-15H,4-5,9,16-17H2,1-3H3,(H,23,24)/t22-/m1/s1. The molecule has 0 spiro atoms. The first-order valence-corrected chi connectivity index (χ1v) is 9.21. The number of rotatable bonds is 10. The van der Waals surface area contributed by atoms with Crippen LogP contribution in [0.25, 0.3) is 0 Å². The second-order valence-electron chi connectivity index (χ2n) is 6.64. The van der Waals surface area contributed by atoms with Gasteiger partial charge < -0.3 is 14.8 Å². The molecule has 0 unspecified atom stereocenters. The minimum atomic E-state index is -0.808. The van der Waals surface area contributed by atoms with Gasteiger partial charge in [-0.2, -0.15) is 0 Å². The molecule has 4 heteroatoms. The molecule has 140 valence electrons. The largest absolute Gasteiger partial charge is 0.489 e. The Labute approximate surface area is 156 Å². The van der Waals surface area contributed by atoms with Crippen LogP contribution in [0.3, 0.4) is 0 Å². The highest BCUT2D eigenvalue weighted by Crippen LogP contribution is 2.23. The summed E-state index contributed by atoms with van der Waals surface area (Å²) >= 11 is 0. The van der Waals surface area contributed by atoms with Gasteiger partial charge in [-0.3, -0.25) is 4.79 Å². The van der Waals surface area contributed by atoms with Crippen LogP contribution >= 0.6 is 0 Å². The summed E-state index contributed by atoms with van der Waals surface area (Å²) in [7, 11) is 1.59. The second-order valence-corrected chi connectivity index (χ2v) is 6.64. The first-order valence-electron chi connectivity index (χ1n) is 9.21. The first-order chi connectivity index (χ1) is 12.6. The number of amides is 1. The van der Waals surface area contributed by atoms with E-state index >= 15 is 0 Å². The number of ether oxygens (including phenoxy) is 2. The van der Waals surface area contributed by atoms with Gasteiger partial charge in [-0.25, -0.2) is 0 Å². The lowest BCUT2D eigenvalue weighted by atomic mass is 9.97. The van der Waals surface area contributed by atoms with Crippen LogP contribution < -0.4 is 10.1 Å². The summed E-state index contributed by atoms with van der Waals surface area (Å²) in [4.78, 5) is 12.6. The fraction of sp³-hybridized carbons (Fsp3) is 0.409. The number of hydrogen-bond acceptors (Lipinski definition) is 3. The number of anilines is 1. The Morgan fingerprint density at radius 2 is 1.73 bits per heavy atom. The fourth-order valence-corrected chi connectivity index (χ4v) is 2.66. The van der Waals surface area contributed by atoms with E-state index in [1.54, 1.807) is 7.11 Å². The third kappa shape index (κ3) is 5.88. The Kier molecular flexibility index (Phi) is 7.67. The predicted molar refractivity (Wildman–Crippen MR) is 105 cm³/mol. The molecule has 2 aromatic carbocycles. The Bertz CT molecular complexity index is 670.